The van der Waals surface area contributed by atoms with Crippen molar-refractivity contribution in [1.29, 1.82) is 5.26 Å². The molecule has 1 N–H and O–H groups in total. The van der Waals surface area contributed by atoms with Crippen LogP contribution in [0.25, 0.3) is 0 Å². The van der Waals surface area contributed by atoms with Crippen LogP contribution in [0.5, 0.6) is 0 Å². The Morgan fingerprint density at radius 1 is 1.29 bits per heavy atom. The molecule has 0 aliphatic carbocycles. The van der Waals surface area contributed by atoms with E-state index in [0.29, 0.717) is 10.7 Å². The molecular weight excluding hydrogens is 198 g/mol. The lowest BCUT2D eigenvalue weighted by Gasteiger charge is -1.94. The fourth-order valence-electron chi connectivity index (χ4n) is 0.832. The highest BCUT2D eigenvalue weighted by Gasteiger charge is 2.00. The highest BCUT2D eigenvalue weighted by atomic mass is 32.2. The molecule has 68 valence electrons. The van der Waals surface area contributed by atoms with Gasteiger partial charge >= 0.3 is 0 Å². The third kappa shape index (κ3) is 1.89. The van der Waals surface area contributed by atoms with Crippen molar-refractivity contribution < 1.29 is 0 Å². The third-order valence-corrected chi connectivity index (χ3v) is 2.25. The van der Waals surface area contributed by atoms with Gasteiger partial charge < -0.3 is 4.98 Å². The van der Waals surface area contributed by atoms with Crippen molar-refractivity contribution in [3.8, 4) is 6.07 Å². The van der Waals surface area contributed by atoms with E-state index in [1.165, 1.54) is 18.0 Å². The molecule has 0 spiro atoms. The van der Waals surface area contributed by atoms with E-state index >= 15 is 0 Å². The Balaban J connectivity index is 2.15. The van der Waals surface area contributed by atoms with Gasteiger partial charge in [-0.25, -0.2) is 15.0 Å². The molecule has 0 aliphatic rings. The van der Waals surface area contributed by atoms with Crippen molar-refractivity contribution in [3.63, 3.8) is 0 Å². The van der Waals surface area contributed by atoms with Gasteiger partial charge in [0.15, 0.2) is 10.9 Å². The van der Waals surface area contributed by atoms with Crippen molar-refractivity contribution in [1.82, 2.24) is 19.9 Å². The predicted molar refractivity (Wildman–Crippen MR) is 49.5 cm³/mol. The summed E-state index contributed by atoms with van der Waals surface area (Å²) in [5, 5.41) is 9.97. The number of hydrogen-bond donors (Lipinski definition) is 1. The molecule has 0 atom stereocenters. The smallest absolute Gasteiger partial charge is 0.171 e. The Hall–Kier alpha value is -1.87. The van der Waals surface area contributed by atoms with E-state index in [4.69, 9.17) is 5.26 Å². The molecule has 0 fully saturated rings. The van der Waals surface area contributed by atoms with E-state index in [0.717, 1.165) is 5.16 Å². The van der Waals surface area contributed by atoms with Crippen LogP contribution in [0, 0.1) is 11.3 Å². The van der Waals surface area contributed by atoms with Crippen molar-refractivity contribution >= 4 is 11.8 Å². The van der Waals surface area contributed by atoms with Gasteiger partial charge in [-0.3, -0.25) is 0 Å². The zero-order chi connectivity index (χ0) is 9.80. The standard InChI is InChI=1S/C8H5N5S/c9-3-6-4-13-7(5-12-6)14-8-10-1-2-11-8/h1-2,4-5H,(H,10,11). The molecule has 0 aliphatic heterocycles. The number of imidazole rings is 1. The van der Waals surface area contributed by atoms with Gasteiger partial charge in [-0.15, -0.1) is 0 Å². The molecule has 2 rings (SSSR count). The third-order valence-electron chi connectivity index (χ3n) is 1.42. The number of rotatable bonds is 2. The molecule has 0 radical (unpaired) electrons. The molecule has 0 bridgehead atoms. The van der Waals surface area contributed by atoms with Crippen LogP contribution in [0.1, 0.15) is 5.69 Å². The number of aromatic amines is 1. The maximum atomic E-state index is 8.51. The van der Waals surface area contributed by atoms with Gasteiger partial charge in [0.25, 0.3) is 0 Å². The van der Waals surface area contributed by atoms with Crippen molar-refractivity contribution in [3.05, 3.63) is 30.5 Å². The second-order valence-corrected chi connectivity index (χ2v) is 3.36. The molecule has 0 unspecified atom stereocenters. The first-order valence-electron chi connectivity index (χ1n) is 3.78. The monoisotopic (exact) mass is 203 g/mol. The first kappa shape index (κ1) is 8.72. The van der Waals surface area contributed by atoms with Gasteiger partial charge in [-0.1, -0.05) is 0 Å². The lowest BCUT2D eigenvalue weighted by molar-refractivity contribution is 1.01. The lowest BCUT2D eigenvalue weighted by atomic mass is 10.5. The minimum Gasteiger partial charge on any atom is -0.339 e. The molecule has 0 saturated carbocycles. The number of nitrogens with one attached hydrogen (secondary N) is 1. The summed E-state index contributed by atoms with van der Waals surface area (Å²) < 4.78 is 0. The average Bonchev–Trinajstić information content (AvgIpc) is 2.72. The Labute approximate surface area is 84.2 Å². The maximum absolute atomic E-state index is 8.51. The SMILES string of the molecule is N#Cc1cnc(Sc2ncc[nH]2)cn1. The minimum atomic E-state index is 0.314. The van der Waals surface area contributed by atoms with Crippen LogP contribution in [0.2, 0.25) is 0 Å². The number of hydrogen-bond acceptors (Lipinski definition) is 5. The predicted octanol–water partition coefficient (Wildman–Crippen LogP) is 1.22. The Morgan fingerprint density at radius 2 is 2.21 bits per heavy atom. The fraction of sp³-hybridized carbons (Fsp3) is 0. The summed E-state index contributed by atoms with van der Waals surface area (Å²) in [5.74, 6) is 0. The van der Waals surface area contributed by atoms with Gasteiger partial charge in [0.1, 0.15) is 11.1 Å². The lowest BCUT2D eigenvalue weighted by Crippen LogP contribution is -1.87. The van der Waals surface area contributed by atoms with Crippen molar-refractivity contribution in [2.75, 3.05) is 0 Å². The molecule has 5 nitrogen and oxygen atoms in total. The zero-order valence-corrected chi connectivity index (χ0v) is 7.82. The van der Waals surface area contributed by atoms with Gasteiger partial charge in [0.05, 0.1) is 12.4 Å². The summed E-state index contributed by atoms with van der Waals surface area (Å²) in [6.45, 7) is 0. The van der Waals surface area contributed by atoms with Crippen LogP contribution in [0.4, 0.5) is 0 Å². The average molecular weight is 203 g/mol. The summed E-state index contributed by atoms with van der Waals surface area (Å²) in [5.41, 5.74) is 0.314. The Kier molecular flexibility index (Phi) is 2.42. The molecule has 0 saturated heterocycles. The van der Waals surface area contributed by atoms with Crippen molar-refractivity contribution in [2.45, 2.75) is 10.2 Å². The van der Waals surface area contributed by atoms with E-state index in [9.17, 15) is 0 Å². The van der Waals surface area contributed by atoms with E-state index in [1.54, 1.807) is 18.6 Å². The Bertz CT molecular complexity index is 442. The minimum absolute atomic E-state index is 0.314. The highest BCUT2D eigenvalue weighted by Crippen LogP contribution is 2.20. The van der Waals surface area contributed by atoms with Crippen LogP contribution < -0.4 is 0 Å². The molecule has 0 amide bonds. The molecule has 2 aromatic heterocycles. The van der Waals surface area contributed by atoms with Gasteiger partial charge in [0.2, 0.25) is 0 Å². The summed E-state index contributed by atoms with van der Waals surface area (Å²) in [6.07, 6.45) is 6.38. The number of H-pyrrole nitrogens is 1. The quantitative estimate of drug-likeness (QED) is 0.794. The topological polar surface area (TPSA) is 78.2 Å². The second kappa shape index (κ2) is 3.89. The maximum Gasteiger partial charge on any atom is 0.171 e. The van der Waals surface area contributed by atoms with Crippen LogP contribution in [0.3, 0.4) is 0 Å². The van der Waals surface area contributed by atoms with Crippen LogP contribution in [0.15, 0.2) is 35.0 Å². The highest BCUT2D eigenvalue weighted by molar-refractivity contribution is 7.99. The van der Waals surface area contributed by atoms with E-state index in [1.807, 2.05) is 6.07 Å². The van der Waals surface area contributed by atoms with Crippen molar-refractivity contribution in [2.24, 2.45) is 0 Å². The van der Waals surface area contributed by atoms with Crippen LogP contribution in [-0.4, -0.2) is 19.9 Å². The zero-order valence-electron chi connectivity index (χ0n) is 7.01. The normalized spacial score (nSPS) is 9.64. The van der Waals surface area contributed by atoms with E-state index in [2.05, 4.69) is 19.9 Å². The molecule has 2 aromatic rings. The number of nitriles is 1. The van der Waals surface area contributed by atoms with Gasteiger partial charge in [-0.2, -0.15) is 5.26 Å². The largest absolute Gasteiger partial charge is 0.339 e. The first-order valence-corrected chi connectivity index (χ1v) is 4.59. The van der Waals surface area contributed by atoms with E-state index in [-0.39, 0.29) is 0 Å². The molecule has 14 heavy (non-hydrogen) atoms. The fourth-order valence-corrected chi connectivity index (χ4v) is 1.48. The second-order valence-electron chi connectivity index (χ2n) is 2.35. The number of nitrogens with zero attached hydrogens (tertiary/aromatic N) is 4. The first-order chi connectivity index (χ1) is 6.88. The van der Waals surface area contributed by atoms with Gasteiger partial charge in [-0.05, 0) is 11.8 Å². The molecule has 0 aromatic carbocycles. The molecule has 6 heteroatoms. The van der Waals surface area contributed by atoms with Crippen LogP contribution in [-0.2, 0) is 0 Å². The molecule has 2 heterocycles. The summed E-state index contributed by atoms with van der Waals surface area (Å²) in [7, 11) is 0. The summed E-state index contributed by atoms with van der Waals surface area (Å²) >= 11 is 1.36. The Morgan fingerprint density at radius 3 is 2.79 bits per heavy atom. The van der Waals surface area contributed by atoms with Crippen LogP contribution >= 0.6 is 11.8 Å². The summed E-state index contributed by atoms with van der Waals surface area (Å²) in [6, 6.07) is 1.91. The summed E-state index contributed by atoms with van der Waals surface area (Å²) in [4.78, 5) is 14.9. The van der Waals surface area contributed by atoms with Gasteiger partial charge in [0, 0.05) is 12.4 Å². The number of aromatic nitrogens is 4. The molecular formula is C8H5N5S. The van der Waals surface area contributed by atoms with E-state index < -0.39 is 0 Å².